The second-order valence-corrected chi connectivity index (χ2v) is 6.80. The fourth-order valence-corrected chi connectivity index (χ4v) is 2.99. The van der Waals surface area contributed by atoms with Crippen molar-refractivity contribution >= 4 is 28.2 Å². The molecule has 0 unspecified atom stereocenters. The first kappa shape index (κ1) is 21.9. The lowest BCUT2D eigenvalue weighted by Crippen LogP contribution is -2.32. The van der Waals surface area contributed by atoms with Crippen molar-refractivity contribution in [2.24, 2.45) is 0 Å². The maximum absolute atomic E-state index is 13.1. The third-order valence-corrected chi connectivity index (χ3v) is 4.37. The van der Waals surface area contributed by atoms with Gasteiger partial charge >= 0.3 is 6.18 Å². The van der Waals surface area contributed by atoms with E-state index in [2.05, 4.69) is 15.3 Å². The zero-order valence-electron chi connectivity index (χ0n) is 16.4. The molecular formula is C21H18F3N5O2. The molecule has 3 aromatic rings. The van der Waals surface area contributed by atoms with Crippen LogP contribution < -0.4 is 5.32 Å². The number of nitrogens with zero attached hydrogens (tertiary/aromatic N) is 3. The van der Waals surface area contributed by atoms with Crippen molar-refractivity contribution in [1.29, 1.82) is 5.26 Å². The van der Waals surface area contributed by atoms with Crippen molar-refractivity contribution in [1.82, 2.24) is 14.9 Å². The Bertz CT molecular complexity index is 1140. The molecule has 0 aliphatic heterocycles. The fraction of sp³-hybridized carbons (Fsp3) is 0.190. The number of halogens is 3. The fourth-order valence-electron chi connectivity index (χ4n) is 2.99. The number of rotatable bonds is 6. The van der Waals surface area contributed by atoms with Gasteiger partial charge in [0, 0.05) is 0 Å². The van der Waals surface area contributed by atoms with Crippen LogP contribution in [-0.4, -0.2) is 46.0 Å². The minimum absolute atomic E-state index is 0.0918. The summed E-state index contributed by atoms with van der Waals surface area (Å²) < 4.78 is 39.2. The van der Waals surface area contributed by atoms with E-state index in [0.717, 1.165) is 12.1 Å². The summed E-state index contributed by atoms with van der Waals surface area (Å²) >= 11 is 0. The number of hydrogen-bond donors (Lipinski definition) is 3. The number of benzene rings is 2. The standard InChI is InChI=1S/C21H18F3N5O2/c1-29(12-19(31)26-15-7-3-2-6-14(15)21(22,23)24)11-18(30)13(10-25)20-27-16-8-4-5-9-17(16)28-20/h2-9,30H,11-12H2,1H3,(H,26,31)(H,27,28)/b18-13-. The Morgan fingerprint density at radius 3 is 2.55 bits per heavy atom. The Hall–Kier alpha value is -3.84. The van der Waals surface area contributed by atoms with Crippen molar-refractivity contribution in [3.63, 3.8) is 0 Å². The van der Waals surface area contributed by atoms with Crippen LogP contribution >= 0.6 is 0 Å². The molecule has 1 amide bonds. The van der Waals surface area contributed by atoms with Gasteiger partial charge in [0.15, 0.2) is 5.82 Å². The van der Waals surface area contributed by atoms with E-state index in [9.17, 15) is 28.3 Å². The number of likely N-dealkylation sites (N-methyl/N-ethyl adjacent to an activating group) is 1. The lowest BCUT2D eigenvalue weighted by atomic mass is 10.1. The molecular weight excluding hydrogens is 411 g/mol. The van der Waals surface area contributed by atoms with Crippen LogP contribution in [0, 0.1) is 11.3 Å². The molecule has 0 bridgehead atoms. The number of nitrogens with one attached hydrogen (secondary N) is 2. The molecule has 2 aromatic carbocycles. The number of hydrogen-bond acceptors (Lipinski definition) is 5. The number of H-pyrrole nitrogens is 1. The summed E-state index contributed by atoms with van der Waals surface area (Å²) in [6.45, 7) is -0.497. The molecule has 10 heteroatoms. The van der Waals surface area contributed by atoms with Gasteiger partial charge in [-0.15, -0.1) is 0 Å². The van der Waals surface area contributed by atoms with E-state index in [1.54, 1.807) is 24.3 Å². The van der Waals surface area contributed by atoms with Crippen molar-refractivity contribution in [2.45, 2.75) is 6.18 Å². The van der Waals surface area contributed by atoms with Crippen LogP contribution in [0.3, 0.4) is 0 Å². The van der Waals surface area contributed by atoms with Gasteiger partial charge in [0.1, 0.15) is 17.4 Å². The molecule has 0 spiro atoms. The van der Waals surface area contributed by atoms with E-state index in [-0.39, 0.29) is 35.9 Å². The predicted molar refractivity (Wildman–Crippen MR) is 109 cm³/mol. The number of aromatic nitrogens is 2. The highest BCUT2D eigenvalue weighted by atomic mass is 19.4. The van der Waals surface area contributed by atoms with Gasteiger partial charge < -0.3 is 15.4 Å². The first-order chi connectivity index (χ1) is 14.7. The summed E-state index contributed by atoms with van der Waals surface area (Å²) in [5.41, 5.74) is -0.0901. The number of alkyl halides is 3. The summed E-state index contributed by atoms with van der Waals surface area (Å²) in [5.74, 6) is -0.847. The highest BCUT2D eigenvalue weighted by Crippen LogP contribution is 2.34. The van der Waals surface area contributed by atoms with E-state index < -0.39 is 17.6 Å². The van der Waals surface area contributed by atoms with Gasteiger partial charge in [0.25, 0.3) is 0 Å². The van der Waals surface area contributed by atoms with Crippen molar-refractivity contribution in [3.05, 3.63) is 65.7 Å². The molecule has 1 heterocycles. The van der Waals surface area contributed by atoms with E-state index in [0.29, 0.717) is 11.0 Å². The summed E-state index contributed by atoms with van der Waals surface area (Å²) in [6, 6.07) is 13.6. The second kappa shape index (κ2) is 8.89. The Morgan fingerprint density at radius 2 is 1.87 bits per heavy atom. The van der Waals surface area contributed by atoms with E-state index in [1.807, 2.05) is 6.07 Å². The van der Waals surface area contributed by atoms with E-state index in [4.69, 9.17) is 0 Å². The summed E-state index contributed by atoms with van der Waals surface area (Å²) in [6.07, 6.45) is -4.61. The maximum Gasteiger partial charge on any atom is 0.418 e. The molecule has 0 saturated carbocycles. The lowest BCUT2D eigenvalue weighted by molar-refractivity contribution is -0.137. The van der Waals surface area contributed by atoms with Crippen molar-refractivity contribution in [2.75, 3.05) is 25.5 Å². The quantitative estimate of drug-likeness (QED) is 0.407. The molecule has 0 atom stereocenters. The zero-order valence-corrected chi connectivity index (χ0v) is 16.4. The van der Waals surface area contributed by atoms with Crippen LogP contribution in [-0.2, 0) is 11.0 Å². The third kappa shape index (κ3) is 5.21. The number of anilines is 1. The van der Waals surface area contributed by atoms with Gasteiger partial charge in [-0.25, -0.2) is 4.98 Å². The normalized spacial score (nSPS) is 12.5. The second-order valence-electron chi connectivity index (χ2n) is 6.80. The number of nitriles is 1. The third-order valence-electron chi connectivity index (χ3n) is 4.37. The minimum atomic E-state index is -4.61. The molecule has 0 radical (unpaired) electrons. The van der Waals surface area contributed by atoms with Crippen LogP contribution in [0.5, 0.6) is 0 Å². The highest BCUT2D eigenvalue weighted by molar-refractivity contribution is 5.93. The maximum atomic E-state index is 13.1. The topological polar surface area (TPSA) is 105 Å². The molecule has 0 aliphatic rings. The Morgan fingerprint density at radius 1 is 1.19 bits per heavy atom. The van der Waals surface area contributed by atoms with Crippen LogP contribution in [0.25, 0.3) is 16.6 Å². The molecule has 1 aromatic heterocycles. The number of allylic oxidation sites excluding steroid dienone is 1. The Labute approximate surface area is 175 Å². The predicted octanol–water partition coefficient (Wildman–Crippen LogP) is 3.94. The monoisotopic (exact) mass is 429 g/mol. The number of aliphatic hydroxyl groups excluding tert-OH is 1. The minimum Gasteiger partial charge on any atom is -0.509 e. The summed E-state index contributed by atoms with van der Waals surface area (Å²) in [7, 11) is 1.49. The van der Waals surface area contributed by atoms with Gasteiger partial charge in [-0.2, -0.15) is 18.4 Å². The van der Waals surface area contributed by atoms with E-state index >= 15 is 0 Å². The number of fused-ring (bicyclic) bond motifs is 1. The molecule has 3 N–H and O–H groups in total. The van der Waals surface area contributed by atoms with Crippen LogP contribution in [0.1, 0.15) is 11.4 Å². The molecule has 7 nitrogen and oxygen atoms in total. The average Bonchev–Trinajstić information content (AvgIpc) is 3.11. The van der Waals surface area contributed by atoms with Gasteiger partial charge in [0.2, 0.25) is 5.91 Å². The molecule has 0 aliphatic carbocycles. The Balaban J connectivity index is 1.70. The largest absolute Gasteiger partial charge is 0.509 e. The number of aromatic amines is 1. The van der Waals surface area contributed by atoms with Gasteiger partial charge in [-0.3, -0.25) is 9.69 Å². The number of aliphatic hydroxyl groups is 1. The number of carbonyl (C=O) groups is 1. The first-order valence-electron chi connectivity index (χ1n) is 9.11. The summed E-state index contributed by atoms with van der Waals surface area (Å²) in [5, 5.41) is 22.1. The first-order valence-corrected chi connectivity index (χ1v) is 9.11. The van der Waals surface area contributed by atoms with Crippen LogP contribution in [0.15, 0.2) is 54.3 Å². The number of para-hydroxylation sites is 3. The van der Waals surface area contributed by atoms with Crippen molar-refractivity contribution < 1.29 is 23.1 Å². The molecule has 31 heavy (non-hydrogen) atoms. The zero-order chi connectivity index (χ0) is 22.6. The van der Waals surface area contributed by atoms with Crippen LogP contribution in [0.4, 0.5) is 18.9 Å². The van der Waals surface area contributed by atoms with Gasteiger partial charge in [0.05, 0.1) is 35.4 Å². The van der Waals surface area contributed by atoms with Gasteiger partial charge in [-0.05, 0) is 31.3 Å². The lowest BCUT2D eigenvalue weighted by Gasteiger charge is -2.18. The molecule has 0 saturated heterocycles. The smallest absolute Gasteiger partial charge is 0.418 e. The summed E-state index contributed by atoms with van der Waals surface area (Å²) in [4.78, 5) is 20.8. The average molecular weight is 429 g/mol. The Kier molecular flexibility index (Phi) is 6.27. The van der Waals surface area contributed by atoms with Gasteiger partial charge in [-0.1, -0.05) is 24.3 Å². The SMILES string of the molecule is CN(CC(=O)Nc1ccccc1C(F)(F)F)C/C(O)=C(\C#N)c1nc2ccccc2[nH]1. The van der Waals surface area contributed by atoms with Crippen molar-refractivity contribution in [3.8, 4) is 6.07 Å². The van der Waals surface area contributed by atoms with E-state index in [1.165, 1.54) is 24.1 Å². The highest BCUT2D eigenvalue weighted by Gasteiger charge is 2.33. The molecule has 160 valence electrons. The molecule has 3 rings (SSSR count). The molecule has 0 fully saturated rings. The number of amides is 1. The number of carbonyl (C=O) groups excluding carboxylic acids is 1. The van der Waals surface area contributed by atoms with Crippen LogP contribution in [0.2, 0.25) is 0 Å². The number of imidazole rings is 1.